The van der Waals surface area contributed by atoms with E-state index in [9.17, 15) is 9.59 Å². The number of nitriles is 1. The van der Waals surface area contributed by atoms with Crippen molar-refractivity contribution < 1.29 is 14.3 Å². The predicted molar refractivity (Wildman–Crippen MR) is 68.1 cm³/mol. The minimum absolute atomic E-state index is 0.0208. The van der Waals surface area contributed by atoms with E-state index in [-0.39, 0.29) is 12.5 Å². The summed E-state index contributed by atoms with van der Waals surface area (Å²) in [5.41, 5.74) is 1.28. The highest BCUT2D eigenvalue weighted by molar-refractivity contribution is 6.05. The van der Waals surface area contributed by atoms with Crippen molar-refractivity contribution in [1.82, 2.24) is 0 Å². The summed E-state index contributed by atoms with van der Waals surface area (Å²) in [5.74, 6) is -3.04. The minimum Gasteiger partial charge on any atom is -0.460 e. The van der Waals surface area contributed by atoms with Gasteiger partial charge in [-0.25, -0.2) is 0 Å². The summed E-state index contributed by atoms with van der Waals surface area (Å²) in [5, 5.41) is 11.8. The number of fused-ring (bicyclic) bond motifs is 1. The standard InChI is InChI=1S/C14H12N2O3/c1-2-7-19-14(18)10(8-15)12-9-5-3-4-6-11(9)16-13(12)17/h2-6,10,12H,1,7H2,(H,16,17). The molecule has 1 aliphatic rings. The number of esters is 1. The maximum absolute atomic E-state index is 11.9. The molecule has 0 aromatic heterocycles. The van der Waals surface area contributed by atoms with Gasteiger partial charge in [-0.05, 0) is 11.6 Å². The molecule has 1 heterocycles. The van der Waals surface area contributed by atoms with E-state index in [4.69, 9.17) is 10.00 Å². The van der Waals surface area contributed by atoms with Crippen LogP contribution >= 0.6 is 0 Å². The molecule has 1 aromatic rings. The fourth-order valence-corrected chi connectivity index (χ4v) is 2.06. The Morgan fingerprint density at radius 1 is 1.58 bits per heavy atom. The van der Waals surface area contributed by atoms with Gasteiger partial charge in [0.25, 0.3) is 0 Å². The SMILES string of the molecule is C=CCOC(=O)C(C#N)C1C(=O)Nc2ccccc21. The molecule has 5 heteroatoms. The van der Waals surface area contributed by atoms with Crippen LogP contribution in [0.2, 0.25) is 0 Å². The number of ether oxygens (including phenoxy) is 1. The summed E-state index contributed by atoms with van der Waals surface area (Å²) in [6.45, 7) is 3.45. The number of para-hydroxylation sites is 1. The van der Waals surface area contributed by atoms with E-state index in [2.05, 4.69) is 11.9 Å². The number of carbonyl (C=O) groups excluding carboxylic acids is 2. The number of hydrogen-bond acceptors (Lipinski definition) is 4. The van der Waals surface area contributed by atoms with Gasteiger partial charge in [0.1, 0.15) is 6.61 Å². The fourth-order valence-electron chi connectivity index (χ4n) is 2.06. The lowest BCUT2D eigenvalue weighted by Gasteiger charge is -2.14. The largest absolute Gasteiger partial charge is 0.460 e. The first-order chi connectivity index (χ1) is 9.19. The first-order valence-electron chi connectivity index (χ1n) is 5.76. The summed E-state index contributed by atoms with van der Waals surface area (Å²) < 4.78 is 4.86. The third kappa shape index (κ3) is 2.33. The molecule has 1 aromatic carbocycles. The van der Waals surface area contributed by atoms with Crippen molar-refractivity contribution in [2.24, 2.45) is 5.92 Å². The average molecular weight is 256 g/mol. The van der Waals surface area contributed by atoms with Crippen LogP contribution in [0.15, 0.2) is 36.9 Å². The first-order valence-corrected chi connectivity index (χ1v) is 5.76. The molecule has 1 amide bonds. The molecule has 0 aliphatic carbocycles. The summed E-state index contributed by atoms with van der Waals surface area (Å²) in [6.07, 6.45) is 1.41. The van der Waals surface area contributed by atoms with Crippen LogP contribution in [-0.2, 0) is 14.3 Å². The highest BCUT2D eigenvalue weighted by Gasteiger charge is 2.41. The van der Waals surface area contributed by atoms with Gasteiger partial charge in [-0.2, -0.15) is 5.26 Å². The molecule has 2 unspecified atom stereocenters. The van der Waals surface area contributed by atoms with Crippen molar-refractivity contribution in [2.45, 2.75) is 5.92 Å². The molecular formula is C14H12N2O3. The zero-order valence-electron chi connectivity index (χ0n) is 10.1. The average Bonchev–Trinajstić information content (AvgIpc) is 2.74. The highest BCUT2D eigenvalue weighted by atomic mass is 16.5. The third-order valence-electron chi connectivity index (χ3n) is 2.91. The summed E-state index contributed by atoms with van der Waals surface area (Å²) >= 11 is 0. The zero-order chi connectivity index (χ0) is 13.8. The summed E-state index contributed by atoms with van der Waals surface area (Å²) in [4.78, 5) is 23.7. The lowest BCUT2D eigenvalue weighted by Crippen LogP contribution is -2.28. The van der Waals surface area contributed by atoms with Gasteiger partial charge in [-0.1, -0.05) is 30.9 Å². The third-order valence-corrected chi connectivity index (χ3v) is 2.91. The van der Waals surface area contributed by atoms with Gasteiger partial charge in [0.15, 0.2) is 5.92 Å². The molecule has 5 nitrogen and oxygen atoms in total. The Kier molecular flexibility index (Phi) is 3.62. The topological polar surface area (TPSA) is 79.2 Å². The van der Waals surface area contributed by atoms with Gasteiger partial charge in [0, 0.05) is 5.69 Å². The van der Waals surface area contributed by atoms with Crippen LogP contribution in [0.1, 0.15) is 11.5 Å². The Hall–Kier alpha value is -2.61. The number of benzene rings is 1. The lowest BCUT2D eigenvalue weighted by atomic mass is 9.88. The van der Waals surface area contributed by atoms with E-state index in [1.807, 2.05) is 6.07 Å². The van der Waals surface area contributed by atoms with Gasteiger partial charge in [-0.15, -0.1) is 0 Å². The smallest absolute Gasteiger partial charge is 0.324 e. The number of nitrogens with zero attached hydrogens (tertiary/aromatic N) is 1. The molecule has 96 valence electrons. The van der Waals surface area contributed by atoms with Crippen LogP contribution in [-0.4, -0.2) is 18.5 Å². The van der Waals surface area contributed by atoms with Crippen molar-refractivity contribution in [3.63, 3.8) is 0 Å². The molecule has 2 rings (SSSR count). The molecule has 1 aliphatic heterocycles. The molecule has 1 N–H and O–H groups in total. The monoisotopic (exact) mass is 256 g/mol. The Morgan fingerprint density at radius 3 is 3.00 bits per heavy atom. The quantitative estimate of drug-likeness (QED) is 0.655. The van der Waals surface area contributed by atoms with Crippen molar-refractivity contribution in [3.8, 4) is 6.07 Å². The van der Waals surface area contributed by atoms with Gasteiger partial charge < -0.3 is 10.1 Å². The number of carbonyl (C=O) groups is 2. The molecule has 2 atom stereocenters. The highest BCUT2D eigenvalue weighted by Crippen LogP contribution is 2.37. The van der Waals surface area contributed by atoms with Gasteiger partial charge in [-0.3, -0.25) is 9.59 Å². The van der Waals surface area contributed by atoms with E-state index >= 15 is 0 Å². The molecule has 19 heavy (non-hydrogen) atoms. The van der Waals surface area contributed by atoms with E-state index in [0.29, 0.717) is 11.3 Å². The van der Waals surface area contributed by atoms with Gasteiger partial charge in [0.05, 0.1) is 12.0 Å². The zero-order valence-corrected chi connectivity index (χ0v) is 10.1. The maximum atomic E-state index is 11.9. The Bertz CT molecular complexity index is 574. The molecule has 0 spiro atoms. The Morgan fingerprint density at radius 2 is 2.32 bits per heavy atom. The molecule has 0 bridgehead atoms. The predicted octanol–water partition coefficient (Wildman–Crippen LogP) is 1.59. The van der Waals surface area contributed by atoms with E-state index in [1.165, 1.54) is 6.08 Å². The number of amides is 1. The van der Waals surface area contributed by atoms with E-state index in [1.54, 1.807) is 24.3 Å². The van der Waals surface area contributed by atoms with Crippen molar-refractivity contribution in [2.75, 3.05) is 11.9 Å². The Labute approximate surface area is 110 Å². The van der Waals surface area contributed by atoms with Gasteiger partial charge >= 0.3 is 5.97 Å². The molecule has 0 radical (unpaired) electrons. The lowest BCUT2D eigenvalue weighted by molar-refractivity contribution is -0.147. The van der Waals surface area contributed by atoms with Crippen LogP contribution in [0.5, 0.6) is 0 Å². The van der Waals surface area contributed by atoms with Crippen LogP contribution in [0, 0.1) is 17.2 Å². The molecule has 0 fully saturated rings. The second-order valence-corrected chi connectivity index (χ2v) is 4.08. The van der Waals surface area contributed by atoms with Crippen LogP contribution in [0.25, 0.3) is 0 Å². The summed E-state index contributed by atoms with van der Waals surface area (Å²) in [7, 11) is 0. The van der Waals surface area contributed by atoms with Crippen LogP contribution in [0.3, 0.4) is 0 Å². The molecule has 0 saturated carbocycles. The number of hydrogen-bond donors (Lipinski definition) is 1. The van der Waals surface area contributed by atoms with E-state index < -0.39 is 17.8 Å². The second-order valence-electron chi connectivity index (χ2n) is 4.08. The Balaban J connectivity index is 2.29. The van der Waals surface area contributed by atoms with Crippen molar-refractivity contribution >= 4 is 17.6 Å². The van der Waals surface area contributed by atoms with Crippen LogP contribution in [0.4, 0.5) is 5.69 Å². The van der Waals surface area contributed by atoms with Crippen molar-refractivity contribution in [1.29, 1.82) is 5.26 Å². The molecule has 0 saturated heterocycles. The maximum Gasteiger partial charge on any atom is 0.324 e. The van der Waals surface area contributed by atoms with Crippen molar-refractivity contribution in [3.05, 3.63) is 42.5 Å². The minimum atomic E-state index is -1.15. The second kappa shape index (κ2) is 5.36. The number of rotatable bonds is 4. The first kappa shape index (κ1) is 12.8. The fraction of sp³-hybridized carbons (Fsp3) is 0.214. The number of nitrogens with one attached hydrogen (secondary N) is 1. The molecular weight excluding hydrogens is 244 g/mol. The van der Waals surface area contributed by atoms with E-state index in [0.717, 1.165) is 0 Å². The number of anilines is 1. The van der Waals surface area contributed by atoms with Gasteiger partial charge in [0.2, 0.25) is 5.91 Å². The summed E-state index contributed by atoms with van der Waals surface area (Å²) in [6, 6.07) is 8.85. The van der Waals surface area contributed by atoms with Crippen LogP contribution < -0.4 is 5.32 Å². The normalized spacial score (nSPS) is 17.8.